The molecule has 1 heterocycles. The SMILES string of the molecule is CN1CCN(CCOc2ccc(NC(=O)C(C)(C)N)cc2)CC1. The van der Waals surface area contributed by atoms with Crippen LogP contribution in [0.4, 0.5) is 5.69 Å². The number of hydrogen-bond acceptors (Lipinski definition) is 5. The molecule has 1 saturated heterocycles. The van der Waals surface area contributed by atoms with Gasteiger partial charge in [0.05, 0.1) is 5.54 Å². The van der Waals surface area contributed by atoms with Gasteiger partial charge in [-0.25, -0.2) is 0 Å². The topological polar surface area (TPSA) is 70.8 Å². The first-order chi connectivity index (χ1) is 10.8. The van der Waals surface area contributed by atoms with E-state index in [1.807, 2.05) is 24.3 Å². The molecule has 2 rings (SSSR count). The van der Waals surface area contributed by atoms with Crippen LogP contribution in [-0.4, -0.2) is 67.6 Å². The van der Waals surface area contributed by atoms with Crippen molar-refractivity contribution in [3.63, 3.8) is 0 Å². The lowest BCUT2D eigenvalue weighted by molar-refractivity contribution is -0.120. The molecular formula is C17H28N4O2. The van der Waals surface area contributed by atoms with Crippen molar-refractivity contribution < 1.29 is 9.53 Å². The monoisotopic (exact) mass is 320 g/mol. The number of nitrogens with zero attached hydrogens (tertiary/aromatic N) is 2. The van der Waals surface area contributed by atoms with Crippen molar-refractivity contribution in [3.05, 3.63) is 24.3 Å². The maximum Gasteiger partial charge on any atom is 0.243 e. The fraction of sp³-hybridized carbons (Fsp3) is 0.588. The number of anilines is 1. The van der Waals surface area contributed by atoms with E-state index >= 15 is 0 Å². The van der Waals surface area contributed by atoms with Gasteiger partial charge in [0.25, 0.3) is 0 Å². The zero-order valence-electron chi connectivity index (χ0n) is 14.3. The van der Waals surface area contributed by atoms with Crippen LogP contribution in [-0.2, 0) is 4.79 Å². The fourth-order valence-corrected chi connectivity index (χ4v) is 2.29. The smallest absolute Gasteiger partial charge is 0.243 e. The van der Waals surface area contributed by atoms with E-state index in [2.05, 4.69) is 22.2 Å². The first kappa shape index (κ1) is 17.7. The molecule has 0 aliphatic carbocycles. The van der Waals surface area contributed by atoms with E-state index < -0.39 is 5.54 Å². The van der Waals surface area contributed by atoms with Gasteiger partial charge in [-0.1, -0.05) is 0 Å². The van der Waals surface area contributed by atoms with Crippen molar-refractivity contribution >= 4 is 11.6 Å². The molecule has 1 amide bonds. The number of likely N-dealkylation sites (N-methyl/N-ethyl adjacent to an activating group) is 1. The molecule has 3 N–H and O–H groups in total. The molecule has 0 unspecified atom stereocenters. The molecule has 1 aliphatic heterocycles. The summed E-state index contributed by atoms with van der Waals surface area (Å²) in [5.74, 6) is 0.602. The summed E-state index contributed by atoms with van der Waals surface area (Å²) in [5.41, 5.74) is 5.59. The van der Waals surface area contributed by atoms with Gasteiger partial charge in [0.15, 0.2) is 0 Å². The zero-order chi connectivity index (χ0) is 16.9. The Bertz CT molecular complexity index is 502. The van der Waals surface area contributed by atoms with Crippen LogP contribution in [0.25, 0.3) is 0 Å². The Labute approximate surface area is 138 Å². The molecule has 1 aromatic carbocycles. The highest BCUT2D eigenvalue weighted by atomic mass is 16.5. The average molecular weight is 320 g/mol. The second-order valence-electron chi connectivity index (χ2n) is 6.69. The molecule has 1 fully saturated rings. The Kier molecular flexibility index (Phi) is 5.98. The number of carbonyl (C=O) groups excluding carboxylic acids is 1. The van der Waals surface area contributed by atoms with Crippen LogP contribution in [0, 0.1) is 0 Å². The maximum absolute atomic E-state index is 11.8. The number of carbonyl (C=O) groups is 1. The average Bonchev–Trinajstić information content (AvgIpc) is 2.50. The minimum atomic E-state index is -0.891. The van der Waals surface area contributed by atoms with Gasteiger partial charge in [-0.15, -0.1) is 0 Å². The Morgan fingerprint density at radius 2 is 1.83 bits per heavy atom. The molecule has 1 aliphatic rings. The summed E-state index contributed by atoms with van der Waals surface area (Å²) in [6, 6.07) is 7.38. The molecule has 6 nitrogen and oxygen atoms in total. The Morgan fingerprint density at radius 1 is 1.22 bits per heavy atom. The highest BCUT2D eigenvalue weighted by Gasteiger charge is 2.21. The van der Waals surface area contributed by atoms with Crippen LogP contribution >= 0.6 is 0 Å². The number of piperazine rings is 1. The molecule has 1 aromatic rings. The molecule has 0 saturated carbocycles. The van der Waals surface area contributed by atoms with Crippen LogP contribution in [0.1, 0.15) is 13.8 Å². The van der Waals surface area contributed by atoms with Crippen LogP contribution in [0.5, 0.6) is 5.75 Å². The lowest BCUT2D eigenvalue weighted by atomic mass is 10.1. The van der Waals surface area contributed by atoms with E-state index in [1.54, 1.807) is 13.8 Å². The van der Waals surface area contributed by atoms with Crippen molar-refractivity contribution in [1.82, 2.24) is 9.80 Å². The van der Waals surface area contributed by atoms with Crippen LogP contribution < -0.4 is 15.8 Å². The molecule has 0 radical (unpaired) electrons. The third-order valence-corrected chi connectivity index (χ3v) is 3.97. The lowest BCUT2D eigenvalue weighted by Crippen LogP contribution is -2.45. The normalized spacial score (nSPS) is 17.0. The quantitative estimate of drug-likeness (QED) is 0.818. The molecule has 23 heavy (non-hydrogen) atoms. The van der Waals surface area contributed by atoms with Gasteiger partial charge in [0, 0.05) is 38.4 Å². The summed E-state index contributed by atoms with van der Waals surface area (Å²) in [4.78, 5) is 16.6. The van der Waals surface area contributed by atoms with Crippen molar-refractivity contribution in [3.8, 4) is 5.75 Å². The Hall–Kier alpha value is -1.63. The molecule has 0 aromatic heterocycles. The molecular weight excluding hydrogens is 292 g/mol. The van der Waals surface area contributed by atoms with Gasteiger partial charge in [0.1, 0.15) is 12.4 Å². The number of benzene rings is 1. The predicted molar refractivity (Wildman–Crippen MR) is 92.8 cm³/mol. The first-order valence-corrected chi connectivity index (χ1v) is 8.09. The molecule has 128 valence electrons. The van der Waals surface area contributed by atoms with E-state index in [0.29, 0.717) is 6.61 Å². The molecule has 0 bridgehead atoms. The van der Waals surface area contributed by atoms with Crippen molar-refractivity contribution in [2.45, 2.75) is 19.4 Å². The van der Waals surface area contributed by atoms with Crippen LogP contribution in [0.15, 0.2) is 24.3 Å². The third kappa shape index (κ3) is 5.82. The van der Waals surface area contributed by atoms with E-state index in [-0.39, 0.29) is 5.91 Å². The van der Waals surface area contributed by atoms with Gasteiger partial charge < -0.3 is 20.7 Å². The lowest BCUT2D eigenvalue weighted by Gasteiger charge is -2.32. The van der Waals surface area contributed by atoms with E-state index in [9.17, 15) is 4.79 Å². The Morgan fingerprint density at radius 3 is 2.39 bits per heavy atom. The minimum Gasteiger partial charge on any atom is -0.492 e. The fourth-order valence-electron chi connectivity index (χ4n) is 2.29. The van der Waals surface area contributed by atoms with Crippen molar-refractivity contribution in [2.24, 2.45) is 5.73 Å². The molecule has 0 atom stereocenters. The second kappa shape index (κ2) is 7.77. The number of hydrogen-bond donors (Lipinski definition) is 2. The second-order valence-corrected chi connectivity index (χ2v) is 6.69. The number of amides is 1. The number of nitrogens with two attached hydrogens (primary N) is 1. The molecule has 6 heteroatoms. The van der Waals surface area contributed by atoms with Gasteiger partial charge in [-0.3, -0.25) is 9.69 Å². The number of nitrogens with one attached hydrogen (secondary N) is 1. The van der Waals surface area contributed by atoms with Crippen LogP contribution in [0.3, 0.4) is 0 Å². The summed E-state index contributed by atoms with van der Waals surface area (Å²) in [6.45, 7) is 9.40. The maximum atomic E-state index is 11.8. The summed E-state index contributed by atoms with van der Waals surface area (Å²) in [7, 11) is 2.15. The molecule has 0 spiro atoms. The largest absolute Gasteiger partial charge is 0.492 e. The highest BCUT2D eigenvalue weighted by molar-refractivity contribution is 5.97. The minimum absolute atomic E-state index is 0.207. The van der Waals surface area contributed by atoms with E-state index in [0.717, 1.165) is 44.2 Å². The number of ether oxygens (including phenoxy) is 1. The summed E-state index contributed by atoms with van der Waals surface area (Å²) < 4.78 is 5.77. The van der Waals surface area contributed by atoms with Crippen molar-refractivity contribution in [1.29, 1.82) is 0 Å². The van der Waals surface area contributed by atoms with Gasteiger partial charge in [-0.05, 0) is 45.2 Å². The van der Waals surface area contributed by atoms with Gasteiger partial charge in [0.2, 0.25) is 5.91 Å². The van der Waals surface area contributed by atoms with E-state index in [1.165, 1.54) is 0 Å². The van der Waals surface area contributed by atoms with Gasteiger partial charge in [-0.2, -0.15) is 0 Å². The summed E-state index contributed by atoms with van der Waals surface area (Å²) >= 11 is 0. The first-order valence-electron chi connectivity index (χ1n) is 8.09. The Balaban J connectivity index is 1.73. The third-order valence-electron chi connectivity index (χ3n) is 3.97. The predicted octanol–water partition coefficient (Wildman–Crippen LogP) is 0.989. The zero-order valence-corrected chi connectivity index (χ0v) is 14.3. The highest BCUT2D eigenvalue weighted by Crippen LogP contribution is 2.16. The summed E-state index contributed by atoms with van der Waals surface area (Å²) in [6.07, 6.45) is 0. The number of rotatable bonds is 6. The summed E-state index contributed by atoms with van der Waals surface area (Å²) in [5, 5.41) is 2.79. The standard InChI is InChI=1S/C17H28N4O2/c1-17(2,18)16(22)19-14-4-6-15(7-5-14)23-13-12-21-10-8-20(3)9-11-21/h4-7H,8-13,18H2,1-3H3,(H,19,22). The van der Waals surface area contributed by atoms with Crippen molar-refractivity contribution in [2.75, 3.05) is 51.7 Å². The van der Waals surface area contributed by atoms with E-state index in [4.69, 9.17) is 10.5 Å². The van der Waals surface area contributed by atoms with Crippen LogP contribution in [0.2, 0.25) is 0 Å². The van der Waals surface area contributed by atoms with Gasteiger partial charge >= 0.3 is 0 Å².